The molecule has 0 spiro atoms. The zero-order valence-electron chi connectivity index (χ0n) is 11.1. The highest BCUT2D eigenvalue weighted by Crippen LogP contribution is 2.39. The minimum atomic E-state index is 0.307. The summed E-state index contributed by atoms with van der Waals surface area (Å²) in [6.45, 7) is 3.08. The molecule has 104 valence electrons. The lowest BCUT2D eigenvalue weighted by Gasteiger charge is -2.34. The third-order valence-corrected chi connectivity index (χ3v) is 4.12. The Morgan fingerprint density at radius 1 is 1.25 bits per heavy atom. The zero-order chi connectivity index (χ0) is 14.3. The first-order valence-corrected chi connectivity index (χ1v) is 7.29. The van der Waals surface area contributed by atoms with Crippen LogP contribution in [0.15, 0.2) is 30.3 Å². The molecule has 5 heteroatoms. The van der Waals surface area contributed by atoms with E-state index in [1.54, 1.807) is 6.07 Å². The monoisotopic (exact) mass is 307 g/mol. The van der Waals surface area contributed by atoms with Crippen molar-refractivity contribution in [2.24, 2.45) is 5.92 Å². The van der Waals surface area contributed by atoms with Crippen LogP contribution in [-0.4, -0.2) is 11.5 Å². The summed E-state index contributed by atoms with van der Waals surface area (Å²) in [6, 6.07) is 9.97. The number of hydrogen-bond acceptors (Lipinski definition) is 3. The molecule has 0 fully saturated rings. The number of nitrogens with two attached hydrogens (primary N) is 1. The Morgan fingerprint density at radius 3 is 2.80 bits per heavy atom. The molecule has 0 bridgehead atoms. The summed E-state index contributed by atoms with van der Waals surface area (Å²) < 4.78 is 0. The number of halogens is 2. The first-order valence-electron chi connectivity index (χ1n) is 6.53. The summed E-state index contributed by atoms with van der Waals surface area (Å²) >= 11 is 12.3. The molecule has 0 saturated heterocycles. The van der Waals surface area contributed by atoms with Gasteiger partial charge in [-0.3, -0.25) is 0 Å². The molecule has 1 aromatic heterocycles. The molecule has 1 aliphatic heterocycles. The molecule has 2 heterocycles. The van der Waals surface area contributed by atoms with E-state index in [1.807, 2.05) is 6.07 Å². The molecule has 0 saturated carbocycles. The molecule has 2 N–H and O–H groups in total. The largest absolute Gasteiger partial charge is 0.382 e. The van der Waals surface area contributed by atoms with E-state index in [9.17, 15) is 0 Å². The molecule has 1 aromatic carbocycles. The maximum Gasteiger partial charge on any atom is 0.154 e. The molecule has 1 unspecified atom stereocenters. The van der Waals surface area contributed by atoms with Gasteiger partial charge in [0.25, 0.3) is 0 Å². The average Bonchev–Trinajstić information content (AvgIpc) is 2.42. The van der Waals surface area contributed by atoms with Gasteiger partial charge in [0.2, 0.25) is 0 Å². The van der Waals surface area contributed by atoms with Crippen LogP contribution in [0.1, 0.15) is 12.5 Å². The van der Waals surface area contributed by atoms with Crippen LogP contribution in [0.5, 0.6) is 0 Å². The highest BCUT2D eigenvalue weighted by Gasteiger charge is 2.25. The quantitative estimate of drug-likeness (QED) is 0.854. The number of pyridine rings is 1. The molecule has 1 atom stereocenters. The van der Waals surface area contributed by atoms with Crippen LogP contribution in [0.2, 0.25) is 10.0 Å². The molecule has 3 rings (SSSR count). The van der Waals surface area contributed by atoms with E-state index < -0.39 is 0 Å². The Morgan fingerprint density at radius 2 is 2.00 bits per heavy atom. The van der Waals surface area contributed by atoms with Crippen molar-refractivity contribution in [1.29, 1.82) is 0 Å². The number of para-hydroxylation sites is 1. The molecule has 0 aliphatic carbocycles. The Balaban J connectivity index is 2.13. The number of aromatic nitrogens is 1. The van der Waals surface area contributed by atoms with Crippen LogP contribution < -0.4 is 10.6 Å². The number of nitrogens with zero attached hydrogens (tertiary/aromatic N) is 2. The van der Waals surface area contributed by atoms with E-state index in [-0.39, 0.29) is 0 Å². The van der Waals surface area contributed by atoms with Gasteiger partial charge in [0.05, 0.1) is 10.0 Å². The summed E-state index contributed by atoms with van der Waals surface area (Å²) in [5.74, 6) is 1.51. The summed E-state index contributed by atoms with van der Waals surface area (Å²) in [5, 5.41) is 0.908. The molecule has 0 amide bonds. The second-order valence-corrected chi connectivity index (χ2v) is 6.02. The third kappa shape index (κ3) is 2.32. The van der Waals surface area contributed by atoms with Crippen LogP contribution >= 0.6 is 23.2 Å². The Bertz CT molecular complexity index is 658. The van der Waals surface area contributed by atoms with E-state index in [0.29, 0.717) is 27.6 Å². The average molecular weight is 308 g/mol. The van der Waals surface area contributed by atoms with E-state index in [1.165, 1.54) is 5.56 Å². The lowest BCUT2D eigenvalue weighted by Crippen LogP contribution is -2.31. The molecule has 2 aromatic rings. The van der Waals surface area contributed by atoms with E-state index >= 15 is 0 Å². The first kappa shape index (κ1) is 13.5. The number of hydrogen-bond donors (Lipinski definition) is 1. The van der Waals surface area contributed by atoms with Gasteiger partial charge < -0.3 is 10.6 Å². The van der Waals surface area contributed by atoms with Gasteiger partial charge in [0.15, 0.2) is 5.82 Å². The normalized spacial score (nSPS) is 17.9. The van der Waals surface area contributed by atoms with Gasteiger partial charge in [-0.2, -0.15) is 0 Å². The molecule has 0 radical (unpaired) electrons. The van der Waals surface area contributed by atoms with E-state index in [2.05, 4.69) is 35.0 Å². The van der Waals surface area contributed by atoms with Gasteiger partial charge >= 0.3 is 0 Å². The third-order valence-electron chi connectivity index (χ3n) is 3.54. The number of fused-ring (bicyclic) bond motifs is 1. The van der Waals surface area contributed by atoms with Gasteiger partial charge in [0.1, 0.15) is 5.82 Å². The van der Waals surface area contributed by atoms with Crippen molar-refractivity contribution in [3.05, 3.63) is 45.9 Å². The summed E-state index contributed by atoms with van der Waals surface area (Å²) in [5.41, 5.74) is 8.27. The van der Waals surface area contributed by atoms with Crippen molar-refractivity contribution in [3.8, 4) is 0 Å². The Labute approximate surface area is 128 Å². The summed E-state index contributed by atoms with van der Waals surface area (Å²) in [7, 11) is 0. The van der Waals surface area contributed by atoms with Crippen LogP contribution in [-0.2, 0) is 6.42 Å². The lowest BCUT2D eigenvalue weighted by atomic mass is 9.94. The summed E-state index contributed by atoms with van der Waals surface area (Å²) in [4.78, 5) is 6.49. The van der Waals surface area contributed by atoms with Gasteiger partial charge in [-0.05, 0) is 30.0 Å². The fraction of sp³-hybridized carbons (Fsp3) is 0.267. The SMILES string of the molecule is CC1Cc2ccccc2N(c2nc(N)c(Cl)cc2Cl)C1. The number of rotatable bonds is 1. The molecule has 20 heavy (non-hydrogen) atoms. The van der Waals surface area contributed by atoms with Crippen molar-refractivity contribution in [1.82, 2.24) is 4.98 Å². The maximum atomic E-state index is 6.30. The predicted molar refractivity (Wildman–Crippen MR) is 85.0 cm³/mol. The number of benzene rings is 1. The standard InChI is InChI=1S/C15H15Cl2N3/c1-9-6-10-4-2-3-5-13(10)20(8-9)15-12(17)7-11(16)14(18)19-15/h2-5,7,9H,6,8H2,1H3,(H2,18,19). The van der Waals surface area contributed by atoms with Crippen LogP contribution in [0.3, 0.4) is 0 Å². The topological polar surface area (TPSA) is 42.2 Å². The summed E-state index contributed by atoms with van der Waals surface area (Å²) in [6.07, 6.45) is 1.06. The van der Waals surface area contributed by atoms with Crippen molar-refractivity contribution in [3.63, 3.8) is 0 Å². The zero-order valence-corrected chi connectivity index (χ0v) is 12.6. The fourth-order valence-electron chi connectivity index (χ4n) is 2.66. The molecule has 1 aliphatic rings. The van der Waals surface area contributed by atoms with Gasteiger partial charge in [-0.15, -0.1) is 0 Å². The number of nitrogen functional groups attached to an aromatic ring is 1. The van der Waals surface area contributed by atoms with Crippen LogP contribution in [0, 0.1) is 5.92 Å². The Hall–Kier alpha value is -1.45. The molecule has 3 nitrogen and oxygen atoms in total. The highest BCUT2D eigenvalue weighted by atomic mass is 35.5. The van der Waals surface area contributed by atoms with Crippen LogP contribution in [0.4, 0.5) is 17.3 Å². The molecular weight excluding hydrogens is 293 g/mol. The van der Waals surface area contributed by atoms with Crippen molar-refractivity contribution < 1.29 is 0 Å². The smallest absolute Gasteiger partial charge is 0.154 e. The fourth-order valence-corrected chi connectivity index (χ4v) is 3.12. The first-order chi connectivity index (χ1) is 9.56. The lowest BCUT2D eigenvalue weighted by molar-refractivity contribution is 0.560. The highest BCUT2D eigenvalue weighted by molar-refractivity contribution is 6.37. The van der Waals surface area contributed by atoms with E-state index in [4.69, 9.17) is 28.9 Å². The number of anilines is 3. The predicted octanol–water partition coefficient (Wildman–Crippen LogP) is 4.30. The van der Waals surface area contributed by atoms with Gasteiger partial charge in [-0.1, -0.05) is 48.3 Å². The van der Waals surface area contributed by atoms with Crippen molar-refractivity contribution in [2.45, 2.75) is 13.3 Å². The van der Waals surface area contributed by atoms with Crippen molar-refractivity contribution >= 4 is 40.5 Å². The minimum Gasteiger partial charge on any atom is -0.382 e. The van der Waals surface area contributed by atoms with Crippen molar-refractivity contribution in [2.75, 3.05) is 17.2 Å². The second-order valence-electron chi connectivity index (χ2n) is 5.21. The van der Waals surface area contributed by atoms with E-state index in [0.717, 1.165) is 18.7 Å². The van der Waals surface area contributed by atoms with Crippen LogP contribution in [0.25, 0.3) is 0 Å². The second kappa shape index (κ2) is 5.15. The Kier molecular flexibility index (Phi) is 3.48. The van der Waals surface area contributed by atoms with Gasteiger partial charge in [0, 0.05) is 12.2 Å². The van der Waals surface area contributed by atoms with Gasteiger partial charge in [-0.25, -0.2) is 4.98 Å². The maximum absolute atomic E-state index is 6.30. The molecular formula is C15H15Cl2N3. The minimum absolute atomic E-state index is 0.307.